The van der Waals surface area contributed by atoms with Crippen molar-refractivity contribution < 1.29 is 0 Å². The van der Waals surface area contributed by atoms with Crippen LogP contribution in [-0.4, -0.2) is 8.07 Å². The molecule has 2 heterocycles. The summed E-state index contributed by atoms with van der Waals surface area (Å²) in [6, 6.07) is 23.9. The van der Waals surface area contributed by atoms with Crippen molar-refractivity contribution in [3.63, 3.8) is 0 Å². The quantitative estimate of drug-likeness (QED) is 0.616. The van der Waals surface area contributed by atoms with E-state index in [4.69, 9.17) is 0 Å². The summed E-state index contributed by atoms with van der Waals surface area (Å²) in [7, 11) is -1.08. The van der Waals surface area contributed by atoms with Gasteiger partial charge in [-0.1, -0.05) is 48.5 Å². The first kappa shape index (κ1) is 9.66. The van der Waals surface area contributed by atoms with Crippen LogP contribution in [0, 0.1) is 0 Å². The summed E-state index contributed by atoms with van der Waals surface area (Å²) < 4.78 is 0. The molecule has 1 heteroatoms. The molecule has 4 rings (SSSR count). The van der Waals surface area contributed by atoms with Crippen LogP contribution in [0.4, 0.5) is 0 Å². The Hall–Kier alpha value is -1.34. The van der Waals surface area contributed by atoms with E-state index in [1.807, 2.05) is 0 Å². The molecule has 0 saturated heterocycles. The van der Waals surface area contributed by atoms with Crippen LogP contribution in [0.1, 0.15) is 22.3 Å². The minimum Gasteiger partial charge on any atom is -0.0620 e. The Morgan fingerprint density at radius 3 is 1.12 bits per heavy atom. The molecule has 0 unspecified atom stereocenters. The zero-order valence-corrected chi connectivity index (χ0v) is 10.9. The van der Waals surface area contributed by atoms with Crippen molar-refractivity contribution in [2.75, 3.05) is 0 Å². The molecule has 2 aliphatic rings. The summed E-state index contributed by atoms with van der Waals surface area (Å²) in [6.45, 7) is 0. The van der Waals surface area contributed by atoms with Gasteiger partial charge < -0.3 is 0 Å². The van der Waals surface area contributed by atoms with Gasteiger partial charge in [-0.15, -0.1) is 0 Å². The van der Waals surface area contributed by atoms with Crippen molar-refractivity contribution in [2.45, 2.75) is 24.2 Å². The minimum absolute atomic E-state index is 1.08. The van der Waals surface area contributed by atoms with Crippen molar-refractivity contribution in [2.24, 2.45) is 0 Å². The van der Waals surface area contributed by atoms with Crippen molar-refractivity contribution in [3.8, 4) is 0 Å². The maximum atomic E-state index is 2.35. The van der Waals surface area contributed by atoms with Gasteiger partial charge in [-0.25, -0.2) is 0 Å². The third-order valence-corrected chi connectivity index (χ3v) is 9.02. The Labute approximate surface area is 103 Å². The molecule has 84 valence electrons. The molecule has 0 saturated carbocycles. The summed E-state index contributed by atoms with van der Waals surface area (Å²) in [5.74, 6) is 0. The van der Waals surface area contributed by atoms with Crippen LogP contribution >= 0.6 is 0 Å². The van der Waals surface area contributed by atoms with Gasteiger partial charge in [-0.3, -0.25) is 0 Å². The van der Waals surface area contributed by atoms with E-state index in [1.165, 1.54) is 24.2 Å². The lowest BCUT2D eigenvalue weighted by molar-refractivity contribution is 1.24. The van der Waals surface area contributed by atoms with Gasteiger partial charge in [0, 0.05) is 0 Å². The van der Waals surface area contributed by atoms with Crippen LogP contribution in [-0.2, 0) is 24.2 Å². The first-order valence-corrected chi connectivity index (χ1v) is 9.31. The molecule has 0 radical (unpaired) electrons. The molecule has 2 aromatic carbocycles. The number of hydrogen-bond donors (Lipinski definition) is 0. The van der Waals surface area contributed by atoms with Crippen LogP contribution in [0.5, 0.6) is 0 Å². The van der Waals surface area contributed by atoms with Crippen LogP contribution < -0.4 is 0 Å². The van der Waals surface area contributed by atoms with E-state index >= 15 is 0 Å². The molecule has 0 N–H and O–H groups in total. The Bertz CT molecular complexity index is 479. The fraction of sp³-hybridized carbons (Fsp3) is 0.250. The van der Waals surface area contributed by atoms with Crippen molar-refractivity contribution in [1.82, 2.24) is 0 Å². The zero-order valence-electron chi connectivity index (χ0n) is 9.95. The second kappa shape index (κ2) is 3.33. The average Bonchev–Trinajstić information content (AvgIpc) is 2.87. The normalized spacial score (nSPS) is 19.3. The number of hydrogen-bond acceptors (Lipinski definition) is 0. The van der Waals surface area contributed by atoms with E-state index in [0.717, 1.165) is 0 Å². The highest BCUT2D eigenvalue weighted by Crippen LogP contribution is 2.38. The molecular formula is C16H16Si. The highest BCUT2D eigenvalue weighted by Gasteiger charge is 2.43. The predicted molar refractivity (Wildman–Crippen MR) is 73.5 cm³/mol. The molecule has 0 atom stereocenters. The first-order chi connectivity index (χ1) is 8.35. The van der Waals surface area contributed by atoms with Gasteiger partial charge in [-0.05, 0) is 46.4 Å². The van der Waals surface area contributed by atoms with Gasteiger partial charge in [-0.2, -0.15) is 0 Å². The lowest BCUT2D eigenvalue weighted by Crippen LogP contribution is -2.38. The Kier molecular flexibility index (Phi) is 1.89. The summed E-state index contributed by atoms with van der Waals surface area (Å²) in [4.78, 5) is 0. The highest BCUT2D eigenvalue weighted by atomic mass is 28.3. The molecule has 0 fully saturated rings. The van der Waals surface area contributed by atoms with Crippen molar-refractivity contribution in [1.29, 1.82) is 0 Å². The summed E-state index contributed by atoms with van der Waals surface area (Å²) in [5.41, 5.74) is 6.58. The molecule has 0 aliphatic carbocycles. The smallest absolute Gasteiger partial charge is 0.0620 e. The summed E-state index contributed by atoms with van der Waals surface area (Å²) >= 11 is 0. The highest BCUT2D eigenvalue weighted by molar-refractivity contribution is 6.79. The van der Waals surface area contributed by atoms with E-state index in [2.05, 4.69) is 48.5 Å². The molecule has 0 aromatic heterocycles. The molecule has 0 nitrogen and oxygen atoms in total. The largest absolute Gasteiger partial charge is 0.0710 e. The van der Waals surface area contributed by atoms with E-state index < -0.39 is 8.07 Å². The minimum atomic E-state index is -1.08. The van der Waals surface area contributed by atoms with Gasteiger partial charge in [0.15, 0.2) is 0 Å². The van der Waals surface area contributed by atoms with Crippen molar-refractivity contribution in [3.05, 3.63) is 70.8 Å². The standard InChI is InChI=1S/C16H16Si/c1-2-6-14-10-17(9-13(14)5-1)11-15-7-3-4-8-16(15)12-17/h1-8H,9-12H2. The number of benzene rings is 2. The molecule has 0 bridgehead atoms. The molecule has 1 spiro atoms. The zero-order chi connectivity index (χ0) is 11.3. The van der Waals surface area contributed by atoms with E-state index in [-0.39, 0.29) is 0 Å². The SMILES string of the molecule is c1ccc2c(c1)C[Si]1(C2)Cc2ccccc2C1. The Morgan fingerprint density at radius 2 is 0.824 bits per heavy atom. The molecule has 0 amide bonds. The maximum Gasteiger partial charge on any atom is 0.0710 e. The van der Waals surface area contributed by atoms with Crippen molar-refractivity contribution >= 4 is 8.07 Å². The first-order valence-electron chi connectivity index (χ1n) is 6.48. The van der Waals surface area contributed by atoms with Gasteiger partial charge in [0.1, 0.15) is 0 Å². The second-order valence-electron chi connectivity index (χ2n) is 5.74. The van der Waals surface area contributed by atoms with E-state index in [0.29, 0.717) is 0 Å². The lowest BCUT2D eigenvalue weighted by Gasteiger charge is -2.19. The van der Waals surface area contributed by atoms with Crippen LogP contribution in [0.2, 0.25) is 0 Å². The Balaban J connectivity index is 1.72. The number of rotatable bonds is 0. The molecule has 2 aliphatic heterocycles. The predicted octanol–water partition coefficient (Wildman–Crippen LogP) is 3.19. The average molecular weight is 236 g/mol. The van der Waals surface area contributed by atoms with Gasteiger partial charge in [0.05, 0.1) is 8.07 Å². The lowest BCUT2D eigenvalue weighted by atomic mass is 10.1. The fourth-order valence-corrected chi connectivity index (χ4v) is 9.16. The van der Waals surface area contributed by atoms with Gasteiger partial charge in [0.25, 0.3) is 0 Å². The summed E-state index contributed by atoms with van der Waals surface area (Å²) in [5, 5.41) is 0. The van der Waals surface area contributed by atoms with Crippen LogP contribution in [0.25, 0.3) is 0 Å². The van der Waals surface area contributed by atoms with Gasteiger partial charge in [0.2, 0.25) is 0 Å². The molecule has 2 aromatic rings. The second-order valence-corrected chi connectivity index (χ2v) is 10.2. The topological polar surface area (TPSA) is 0 Å². The molecular weight excluding hydrogens is 220 g/mol. The van der Waals surface area contributed by atoms with E-state index in [9.17, 15) is 0 Å². The van der Waals surface area contributed by atoms with Crippen LogP contribution in [0.15, 0.2) is 48.5 Å². The molecule has 17 heavy (non-hydrogen) atoms. The Morgan fingerprint density at radius 1 is 0.529 bits per heavy atom. The fourth-order valence-electron chi connectivity index (χ4n) is 3.80. The third-order valence-electron chi connectivity index (χ3n) is 4.50. The number of fused-ring (bicyclic) bond motifs is 2. The third kappa shape index (κ3) is 1.42. The summed E-state index contributed by atoms with van der Waals surface area (Å²) in [6.07, 6.45) is 0. The van der Waals surface area contributed by atoms with E-state index in [1.54, 1.807) is 22.3 Å². The van der Waals surface area contributed by atoms with Gasteiger partial charge >= 0.3 is 0 Å². The van der Waals surface area contributed by atoms with Crippen LogP contribution in [0.3, 0.4) is 0 Å². The monoisotopic (exact) mass is 236 g/mol. The maximum absolute atomic E-state index is 2.35.